The summed E-state index contributed by atoms with van der Waals surface area (Å²) in [5.41, 5.74) is 1.40. The molecule has 1 aromatic rings. The van der Waals surface area contributed by atoms with Gasteiger partial charge < -0.3 is 0 Å². The van der Waals surface area contributed by atoms with Gasteiger partial charge in [-0.1, -0.05) is 18.1 Å². The van der Waals surface area contributed by atoms with Gasteiger partial charge in [0.05, 0.1) is 17.5 Å². The molecule has 2 bridgehead atoms. The van der Waals surface area contributed by atoms with Gasteiger partial charge in [0.1, 0.15) is 0 Å². The van der Waals surface area contributed by atoms with Gasteiger partial charge in [-0.3, -0.25) is 14.5 Å². The van der Waals surface area contributed by atoms with Crippen LogP contribution < -0.4 is 4.90 Å². The van der Waals surface area contributed by atoms with Crippen molar-refractivity contribution in [3.8, 4) is 12.3 Å². The third-order valence-corrected chi connectivity index (χ3v) is 5.95. The number of hydrogen-bond donors (Lipinski definition) is 0. The molecular weight excluding hydrogens is 274 g/mol. The lowest BCUT2D eigenvalue weighted by molar-refractivity contribution is -0.124. The number of allylic oxidation sites excluding steroid dienone is 2. The predicted molar refractivity (Wildman–Crippen MR) is 81.6 cm³/mol. The normalized spacial score (nSPS) is 40.4. The lowest BCUT2D eigenvalue weighted by Crippen LogP contribution is -2.40. The highest BCUT2D eigenvalue weighted by Crippen LogP contribution is 2.65. The molecule has 0 spiro atoms. The van der Waals surface area contributed by atoms with E-state index in [9.17, 15) is 9.59 Å². The summed E-state index contributed by atoms with van der Waals surface area (Å²) < 4.78 is 0. The third kappa shape index (κ3) is 1.33. The second-order valence-electron chi connectivity index (χ2n) is 6.86. The lowest BCUT2D eigenvalue weighted by Gasteiger charge is -2.37. The second kappa shape index (κ2) is 3.89. The molecule has 108 valence electrons. The standard InChI is InChI=1S/C19H15NO2/c1-2-10-3-5-11(6-4-10)20-18(21)16-12-7-8-13(15-9-14(12)15)17(16)19(20)22/h1,3-8,12-17H,9H2/t12-,13+,14+,15-,16-,17+. The fraction of sp³-hybridized carbons (Fsp3) is 0.368. The van der Waals surface area contributed by atoms with E-state index in [1.807, 2.05) is 0 Å². The SMILES string of the molecule is C#Cc1ccc(N2C(=O)[C@@H]3[C@@H]4C=C[C@@H]([C@H]5C[C@@H]45)[C@@H]3C2=O)cc1. The van der Waals surface area contributed by atoms with Crippen molar-refractivity contribution in [3.05, 3.63) is 42.0 Å². The predicted octanol–water partition coefficient (Wildman–Crippen LogP) is 2.23. The quantitative estimate of drug-likeness (QED) is 0.452. The van der Waals surface area contributed by atoms with E-state index in [0.717, 1.165) is 5.56 Å². The van der Waals surface area contributed by atoms with Gasteiger partial charge in [-0.25, -0.2) is 0 Å². The number of amides is 2. The summed E-state index contributed by atoms with van der Waals surface area (Å²) in [5.74, 6) is 4.05. The zero-order valence-corrected chi connectivity index (χ0v) is 12.0. The second-order valence-corrected chi connectivity index (χ2v) is 6.86. The number of rotatable bonds is 1. The van der Waals surface area contributed by atoms with Crippen LogP contribution in [0.15, 0.2) is 36.4 Å². The van der Waals surface area contributed by atoms with Crippen LogP contribution in [-0.2, 0) is 9.59 Å². The first-order valence-corrected chi connectivity index (χ1v) is 7.83. The molecule has 0 radical (unpaired) electrons. The summed E-state index contributed by atoms with van der Waals surface area (Å²) in [6.45, 7) is 0. The Bertz CT molecular complexity index is 734. The Morgan fingerprint density at radius 3 is 2.00 bits per heavy atom. The maximum Gasteiger partial charge on any atom is 0.238 e. The monoisotopic (exact) mass is 289 g/mol. The first-order chi connectivity index (χ1) is 10.7. The van der Waals surface area contributed by atoms with E-state index in [0.29, 0.717) is 17.5 Å². The Balaban J connectivity index is 1.56. The molecule has 22 heavy (non-hydrogen) atoms. The smallest absolute Gasteiger partial charge is 0.238 e. The van der Waals surface area contributed by atoms with Gasteiger partial charge in [-0.2, -0.15) is 0 Å². The molecular formula is C19H15NO2. The van der Waals surface area contributed by atoms with Crippen molar-refractivity contribution in [1.82, 2.24) is 0 Å². The summed E-state index contributed by atoms with van der Waals surface area (Å²) in [4.78, 5) is 27.2. The maximum absolute atomic E-state index is 12.9. The Morgan fingerprint density at radius 2 is 1.50 bits per heavy atom. The van der Waals surface area contributed by atoms with Crippen molar-refractivity contribution >= 4 is 17.5 Å². The van der Waals surface area contributed by atoms with Crippen molar-refractivity contribution in [2.45, 2.75) is 6.42 Å². The minimum atomic E-state index is -0.140. The molecule has 3 fully saturated rings. The summed E-state index contributed by atoms with van der Waals surface area (Å²) >= 11 is 0. The molecule has 3 nitrogen and oxygen atoms in total. The molecule has 1 heterocycles. The minimum absolute atomic E-state index is 0.0202. The molecule has 1 aliphatic heterocycles. The van der Waals surface area contributed by atoms with Crippen molar-refractivity contribution in [3.63, 3.8) is 0 Å². The molecule has 0 unspecified atom stereocenters. The topological polar surface area (TPSA) is 37.4 Å². The van der Waals surface area contributed by atoms with E-state index >= 15 is 0 Å². The highest BCUT2D eigenvalue weighted by molar-refractivity contribution is 6.22. The Kier molecular flexibility index (Phi) is 2.16. The Labute approximate surface area is 129 Å². The molecule has 3 heteroatoms. The van der Waals surface area contributed by atoms with Crippen LogP contribution in [0, 0.1) is 47.9 Å². The van der Waals surface area contributed by atoms with Crippen LogP contribution in [0.25, 0.3) is 0 Å². The number of anilines is 1. The maximum atomic E-state index is 12.9. The highest BCUT2D eigenvalue weighted by atomic mass is 16.2. The highest BCUT2D eigenvalue weighted by Gasteiger charge is 2.67. The number of benzene rings is 1. The van der Waals surface area contributed by atoms with Gasteiger partial charge in [-0.05, 0) is 54.4 Å². The van der Waals surface area contributed by atoms with Gasteiger partial charge >= 0.3 is 0 Å². The van der Waals surface area contributed by atoms with Gasteiger partial charge in [0.15, 0.2) is 0 Å². The lowest BCUT2D eigenvalue weighted by atomic mass is 9.63. The zero-order valence-electron chi connectivity index (χ0n) is 12.0. The van der Waals surface area contributed by atoms with Crippen molar-refractivity contribution in [2.75, 3.05) is 4.90 Å². The van der Waals surface area contributed by atoms with Gasteiger partial charge in [-0.15, -0.1) is 6.42 Å². The number of hydrogen-bond acceptors (Lipinski definition) is 2. The first-order valence-electron chi connectivity index (χ1n) is 7.83. The summed E-state index contributed by atoms with van der Waals surface area (Å²) in [6.07, 6.45) is 10.9. The van der Waals surface area contributed by atoms with Gasteiger partial charge in [0, 0.05) is 5.56 Å². The molecule has 2 amide bonds. The van der Waals surface area contributed by atoms with Crippen LogP contribution >= 0.6 is 0 Å². The van der Waals surface area contributed by atoms with Crippen LogP contribution in [0.2, 0.25) is 0 Å². The van der Waals surface area contributed by atoms with Gasteiger partial charge in [0.25, 0.3) is 0 Å². The molecule has 6 atom stereocenters. The molecule has 6 rings (SSSR count). The first kappa shape index (κ1) is 12.2. The number of terminal acetylenes is 1. The largest absolute Gasteiger partial charge is 0.274 e. The minimum Gasteiger partial charge on any atom is -0.274 e. The number of carbonyl (C=O) groups is 2. The molecule has 0 aromatic heterocycles. The van der Waals surface area contributed by atoms with Crippen molar-refractivity contribution < 1.29 is 9.59 Å². The van der Waals surface area contributed by atoms with E-state index in [1.54, 1.807) is 24.3 Å². The third-order valence-electron chi connectivity index (χ3n) is 5.95. The van der Waals surface area contributed by atoms with Crippen LogP contribution in [0.1, 0.15) is 12.0 Å². The summed E-state index contributed by atoms with van der Waals surface area (Å²) in [6, 6.07) is 7.11. The average Bonchev–Trinajstić information content (AvgIpc) is 3.32. The van der Waals surface area contributed by atoms with E-state index < -0.39 is 0 Å². The molecule has 0 N–H and O–H groups in total. The fourth-order valence-corrected chi connectivity index (χ4v) is 4.92. The van der Waals surface area contributed by atoms with E-state index in [4.69, 9.17) is 6.42 Å². The number of nitrogens with zero attached hydrogens (tertiary/aromatic N) is 1. The van der Waals surface area contributed by atoms with Crippen LogP contribution in [0.5, 0.6) is 0 Å². The molecule has 4 aliphatic carbocycles. The van der Waals surface area contributed by atoms with Crippen LogP contribution in [0.3, 0.4) is 0 Å². The van der Waals surface area contributed by atoms with Crippen molar-refractivity contribution in [1.29, 1.82) is 0 Å². The van der Waals surface area contributed by atoms with Crippen LogP contribution in [0.4, 0.5) is 5.69 Å². The van der Waals surface area contributed by atoms with Crippen LogP contribution in [-0.4, -0.2) is 11.8 Å². The Hall–Kier alpha value is -2.34. The average molecular weight is 289 g/mol. The molecule has 1 aromatic carbocycles. The van der Waals surface area contributed by atoms with E-state index in [-0.39, 0.29) is 35.5 Å². The number of carbonyl (C=O) groups excluding carboxylic acids is 2. The molecule has 2 saturated carbocycles. The molecule has 1 saturated heterocycles. The Morgan fingerprint density at radius 1 is 0.955 bits per heavy atom. The molecule has 5 aliphatic rings. The number of imide groups is 1. The van der Waals surface area contributed by atoms with E-state index in [1.165, 1.54) is 11.3 Å². The van der Waals surface area contributed by atoms with Gasteiger partial charge in [0.2, 0.25) is 11.8 Å². The van der Waals surface area contributed by atoms with E-state index in [2.05, 4.69) is 18.1 Å². The van der Waals surface area contributed by atoms with Crippen molar-refractivity contribution in [2.24, 2.45) is 35.5 Å². The fourth-order valence-electron chi connectivity index (χ4n) is 4.92. The summed E-state index contributed by atoms with van der Waals surface area (Å²) in [7, 11) is 0. The summed E-state index contributed by atoms with van der Waals surface area (Å²) in [5, 5.41) is 0. The zero-order chi connectivity index (χ0) is 15.0.